The van der Waals surface area contributed by atoms with E-state index in [2.05, 4.69) is 10.1 Å². The van der Waals surface area contributed by atoms with Crippen molar-refractivity contribution in [1.29, 1.82) is 0 Å². The number of aryl methyl sites for hydroxylation is 2. The van der Waals surface area contributed by atoms with Crippen LogP contribution < -0.4 is 11.2 Å². The van der Waals surface area contributed by atoms with E-state index in [1.165, 1.54) is 10.6 Å². The van der Waals surface area contributed by atoms with Crippen LogP contribution in [-0.2, 0) is 24.9 Å². The molecule has 0 aliphatic heterocycles. The van der Waals surface area contributed by atoms with Crippen molar-refractivity contribution >= 4 is 11.2 Å². The number of ether oxygens (including phenoxy) is 1. The zero-order chi connectivity index (χ0) is 23.2. The molecule has 1 aromatic carbocycles. The van der Waals surface area contributed by atoms with E-state index in [0.717, 1.165) is 21.5 Å². The number of rotatable bonds is 6. The normalized spacial score (nSPS) is 11.6. The van der Waals surface area contributed by atoms with E-state index in [0.29, 0.717) is 19.1 Å². The summed E-state index contributed by atoms with van der Waals surface area (Å²) in [5.41, 5.74) is 2.36. The van der Waals surface area contributed by atoms with Gasteiger partial charge < -0.3 is 9.30 Å². The number of benzene rings is 1. The Kier molecular flexibility index (Phi) is 5.55. The molecule has 0 saturated carbocycles. The van der Waals surface area contributed by atoms with Gasteiger partial charge in [-0.05, 0) is 32.4 Å². The van der Waals surface area contributed by atoms with Gasteiger partial charge in [0.2, 0.25) is 5.95 Å². The molecule has 3 heterocycles. The van der Waals surface area contributed by atoms with Crippen molar-refractivity contribution in [2.45, 2.75) is 33.9 Å². The zero-order valence-electron chi connectivity index (χ0n) is 18.7. The second kappa shape index (κ2) is 8.19. The number of hydrogen-bond donors (Lipinski definition) is 0. The Morgan fingerprint density at radius 1 is 1.09 bits per heavy atom. The summed E-state index contributed by atoms with van der Waals surface area (Å²) in [4.78, 5) is 31.1. The van der Waals surface area contributed by atoms with Gasteiger partial charge in [-0.2, -0.15) is 10.1 Å². The van der Waals surface area contributed by atoms with Gasteiger partial charge in [0, 0.05) is 32.0 Å². The lowest BCUT2D eigenvalue weighted by atomic mass is 10.2. The van der Waals surface area contributed by atoms with Crippen LogP contribution in [0.25, 0.3) is 17.1 Å². The van der Waals surface area contributed by atoms with Crippen molar-refractivity contribution in [3.63, 3.8) is 0 Å². The lowest BCUT2D eigenvalue weighted by Crippen LogP contribution is -2.40. The van der Waals surface area contributed by atoms with Crippen LogP contribution in [0, 0.1) is 26.6 Å². The third-order valence-electron chi connectivity index (χ3n) is 5.86. The summed E-state index contributed by atoms with van der Waals surface area (Å²) in [6, 6.07) is 6.08. The molecular formula is C22H25FN6O3. The molecule has 0 aliphatic rings. The standard InChI is InChI=1S/C22H25FN6O3/c1-13-14(2)25-29(15(13)3)21-24-19-18(27(21)10-11-32-5)20(30)28(22(31)26(19)4)12-16-8-6-7-9-17(16)23/h6-9H,10-12H2,1-5H3. The van der Waals surface area contributed by atoms with Gasteiger partial charge in [0.1, 0.15) is 5.82 Å². The molecule has 9 nitrogen and oxygen atoms in total. The average Bonchev–Trinajstić information content (AvgIpc) is 3.27. The second-order valence-electron chi connectivity index (χ2n) is 7.76. The molecule has 0 fully saturated rings. The minimum absolute atomic E-state index is 0.183. The number of imidazole rings is 1. The Labute approximate surface area is 183 Å². The molecule has 0 N–H and O–H groups in total. The van der Waals surface area contributed by atoms with Gasteiger partial charge in [-0.15, -0.1) is 0 Å². The quantitative estimate of drug-likeness (QED) is 0.457. The SMILES string of the molecule is COCCn1c(-n2nc(C)c(C)c2C)nc2c1c(=O)n(Cc1ccccc1F)c(=O)n2C. The Morgan fingerprint density at radius 3 is 2.44 bits per heavy atom. The molecule has 3 aromatic heterocycles. The first-order valence-corrected chi connectivity index (χ1v) is 10.2. The number of aromatic nitrogens is 6. The largest absolute Gasteiger partial charge is 0.383 e. The highest BCUT2D eigenvalue weighted by atomic mass is 19.1. The van der Waals surface area contributed by atoms with E-state index in [9.17, 15) is 14.0 Å². The van der Waals surface area contributed by atoms with Crippen LogP contribution in [0.15, 0.2) is 33.9 Å². The minimum Gasteiger partial charge on any atom is -0.383 e. The molecule has 0 amide bonds. The van der Waals surface area contributed by atoms with Crippen LogP contribution in [0.5, 0.6) is 0 Å². The topological polar surface area (TPSA) is 88.9 Å². The first-order valence-electron chi connectivity index (χ1n) is 10.2. The Bertz CT molecular complexity index is 1440. The van der Waals surface area contributed by atoms with Crippen molar-refractivity contribution in [1.82, 2.24) is 28.5 Å². The fourth-order valence-electron chi connectivity index (χ4n) is 3.77. The summed E-state index contributed by atoms with van der Waals surface area (Å²) in [5.74, 6) is -0.0604. The number of fused-ring (bicyclic) bond motifs is 1. The lowest BCUT2D eigenvalue weighted by Gasteiger charge is -2.11. The summed E-state index contributed by atoms with van der Waals surface area (Å²) >= 11 is 0. The predicted molar refractivity (Wildman–Crippen MR) is 118 cm³/mol. The predicted octanol–water partition coefficient (Wildman–Crippen LogP) is 1.84. The van der Waals surface area contributed by atoms with Crippen LogP contribution in [-0.4, -0.2) is 42.2 Å². The summed E-state index contributed by atoms with van der Waals surface area (Å²) in [5, 5.41) is 4.57. The average molecular weight is 440 g/mol. The smallest absolute Gasteiger partial charge is 0.332 e. The summed E-state index contributed by atoms with van der Waals surface area (Å²) in [6.07, 6.45) is 0. The van der Waals surface area contributed by atoms with Gasteiger partial charge in [-0.3, -0.25) is 13.9 Å². The maximum absolute atomic E-state index is 14.2. The van der Waals surface area contributed by atoms with E-state index >= 15 is 0 Å². The molecule has 32 heavy (non-hydrogen) atoms. The van der Waals surface area contributed by atoms with Crippen LogP contribution in [0.1, 0.15) is 22.5 Å². The molecule has 4 aromatic rings. The number of nitrogens with zero attached hydrogens (tertiary/aromatic N) is 6. The van der Waals surface area contributed by atoms with E-state index in [1.54, 1.807) is 41.6 Å². The highest BCUT2D eigenvalue weighted by molar-refractivity contribution is 5.72. The third-order valence-corrected chi connectivity index (χ3v) is 5.86. The zero-order valence-corrected chi connectivity index (χ0v) is 18.7. The summed E-state index contributed by atoms with van der Waals surface area (Å²) < 4.78 is 25.2. The minimum atomic E-state index is -0.571. The molecular weight excluding hydrogens is 415 g/mol. The van der Waals surface area contributed by atoms with E-state index in [-0.39, 0.29) is 23.3 Å². The molecule has 0 saturated heterocycles. The molecule has 168 valence electrons. The van der Waals surface area contributed by atoms with E-state index < -0.39 is 17.1 Å². The van der Waals surface area contributed by atoms with Crippen molar-refractivity contribution in [2.24, 2.45) is 7.05 Å². The monoisotopic (exact) mass is 440 g/mol. The molecule has 0 radical (unpaired) electrons. The maximum atomic E-state index is 14.2. The molecule has 0 atom stereocenters. The van der Waals surface area contributed by atoms with E-state index in [4.69, 9.17) is 4.74 Å². The van der Waals surface area contributed by atoms with E-state index in [1.807, 2.05) is 20.8 Å². The van der Waals surface area contributed by atoms with Crippen molar-refractivity contribution in [3.8, 4) is 5.95 Å². The van der Waals surface area contributed by atoms with Gasteiger partial charge in [0.05, 0.1) is 18.8 Å². The molecule has 10 heteroatoms. The number of hydrogen-bond acceptors (Lipinski definition) is 5. The van der Waals surface area contributed by atoms with Crippen molar-refractivity contribution < 1.29 is 9.13 Å². The summed E-state index contributed by atoms with van der Waals surface area (Å²) in [7, 11) is 3.12. The summed E-state index contributed by atoms with van der Waals surface area (Å²) in [6.45, 7) is 6.26. The van der Waals surface area contributed by atoms with Gasteiger partial charge in [-0.1, -0.05) is 18.2 Å². The maximum Gasteiger partial charge on any atom is 0.332 e. The van der Waals surface area contributed by atoms with Gasteiger partial charge in [0.25, 0.3) is 5.56 Å². The third kappa shape index (κ3) is 3.36. The Hall–Kier alpha value is -3.53. The second-order valence-corrected chi connectivity index (χ2v) is 7.76. The first-order chi connectivity index (χ1) is 15.3. The molecule has 0 spiro atoms. The van der Waals surface area contributed by atoms with Crippen LogP contribution in [0.3, 0.4) is 0 Å². The number of halogens is 1. The lowest BCUT2D eigenvalue weighted by molar-refractivity contribution is 0.188. The molecule has 0 aliphatic carbocycles. The number of methoxy groups -OCH3 is 1. The fourth-order valence-corrected chi connectivity index (χ4v) is 3.77. The Balaban J connectivity index is 2.02. The van der Waals surface area contributed by atoms with Gasteiger partial charge in [0.15, 0.2) is 11.2 Å². The first kappa shape index (κ1) is 21.7. The Morgan fingerprint density at radius 2 is 1.81 bits per heavy atom. The van der Waals surface area contributed by atoms with Crippen molar-refractivity contribution in [2.75, 3.05) is 13.7 Å². The molecule has 0 unspecified atom stereocenters. The highest BCUT2D eigenvalue weighted by Gasteiger charge is 2.23. The van der Waals surface area contributed by atoms with Crippen LogP contribution in [0.4, 0.5) is 4.39 Å². The molecule has 0 bridgehead atoms. The van der Waals surface area contributed by atoms with Crippen LogP contribution in [0.2, 0.25) is 0 Å². The van der Waals surface area contributed by atoms with Gasteiger partial charge in [-0.25, -0.2) is 13.9 Å². The highest BCUT2D eigenvalue weighted by Crippen LogP contribution is 2.20. The van der Waals surface area contributed by atoms with Gasteiger partial charge >= 0.3 is 5.69 Å². The van der Waals surface area contributed by atoms with Crippen LogP contribution >= 0.6 is 0 Å². The fraction of sp³-hybridized carbons (Fsp3) is 0.364. The van der Waals surface area contributed by atoms with Crippen molar-refractivity contribution in [3.05, 3.63) is 73.4 Å². The molecule has 4 rings (SSSR count).